The predicted molar refractivity (Wildman–Crippen MR) is 25.3 cm³/mol. The Morgan fingerprint density at radius 3 is 2.88 bits per heavy atom. The zero-order valence-electron chi connectivity index (χ0n) is 4.07. The van der Waals surface area contributed by atoms with E-state index >= 15 is 0 Å². The maximum Gasteiger partial charge on any atom is 0.182 e. The Morgan fingerprint density at radius 2 is 2.50 bits per heavy atom. The van der Waals surface area contributed by atoms with Crippen LogP contribution in [0.15, 0.2) is 18.3 Å². The molecule has 0 unspecified atom stereocenters. The summed E-state index contributed by atoms with van der Waals surface area (Å²) >= 11 is 0. The SMILES string of the molecule is N=c1cccnn1O. The minimum Gasteiger partial charge on any atom is -0.410 e. The molecule has 0 atom stereocenters. The van der Waals surface area contributed by atoms with E-state index in [2.05, 4.69) is 5.10 Å². The van der Waals surface area contributed by atoms with Gasteiger partial charge in [0.25, 0.3) is 0 Å². The van der Waals surface area contributed by atoms with Gasteiger partial charge in [-0.3, -0.25) is 5.41 Å². The molecule has 0 aromatic carbocycles. The number of aromatic nitrogens is 2. The topological polar surface area (TPSA) is 61.9 Å². The van der Waals surface area contributed by atoms with Crippen LogP contribution in [0.25, 0.3) is 0 Å². The molecule has 0 saturated heterocycles. The van der Waals surface area contributed by atoms with Crippen molar-refractivity contribution in [2.24, 2.45) is 0 Å². The van der Waals surface area contributed by atoms with Crippen LogP contribution < -0.4 is 5.49 Å². The first kappa shape index (κ1) is 4.83. The number of rotatable bonds is 0. The zero-order valence-corrected chi connectivity index (χ0v) is 4.07. The van der Waals surface area contributed by atoms with E-state index in [-0.39, 0.29) is 5.49 Å². The lowest BCUT2D eigenvalue weighted by Crippen LogP contribution is -2.17. The molecule has 0 bridgehead atoms. The third-order valence-corrected chi connectivity index (χ3v) is 0.732. The van der Waals surface area contributed by atoms with Crippen LogP contribution in [0.4, 0.5) is 0 Å². The van der Waals surface area contributed by atoms with Crippen LogP contribution in [0.5, 0.6) is 0 Å². The van der Waals surface area contributed by atoms with Crippen molar-refractivity contribution in [3.63, 3.8) is 0 Å². The normalized spacial score (nSPS) is 9.00. The summed E-state index contributed by atoms with van der Waals surface area (Å²) in [5, 5.41) is 18.8. The van der Waals surface area contributed by atoms with Crippen LogP contribution in [-0.2, 0) is 0 Å². The number of hydrogen-bond acceptors (Lipinski definition) is 3. The molecular formula is C4H5N3O. The Labute approximate surface area is 45.5 Å². The van der Waals surface area contributed by atoms with E-state index in [9.17, 15) is 0 Å². The van der Waals surface area contributed by atoms with Gasteiger partial charge in [0, 0.05) is 0 Å². The highest BCUT2D eigenvalue weighted by atomic mass is 16.5. The third-order valence-electron chi connectivity index (χ3n) is 0.732. The van der Waals surface area contributed by atoms with Crippen molar-refractivity contribution in [2.45, 2.75) is 0 Å². The first-order chi connectivity index (χ1) is 3.80. The van der Waals surface area contributed by atoms with Crippen molar-refractivity contribution in [3.8, 4) is 0 Å². The van der Waals surface area contributed by atoms with Gasteiger partial charge in [0.2, 0.25) is 0 Å². The Kier molecular flexibility index (Phi) is 0.997. The predicted octanol–water partition coefficient (Wildman–Crippen LogP) is -0.400. The van der Waals surface area contributed by atoms with Crippen LogP contribution in [0.1, 0.15) is 0 Å². The Balaban J connectivity index is 3.35. The van der Waals surface area contributed by atoms with E-state index in [4.69, 9.17) is 10.6 Å². The molecule has 42 valence electrons. The molecule has 1 rings (SSSR count). The minimum absolute atomic E-state index is 0.0208. The number of nitrogens with one attached hydrogen (secondary N) is 1. The molecule has 0 aliphatic carbocycles. The van der Waals surface area contributed by atoms with Gasteiger partial charge in [0.1, 0.15) is 0 Å². The molecule has 4 nitrogen and oxygen atoms in total. The second-order valence-corrected chi connectivity index (χ2v) is 1.30. The van der Waals surface area contributed by atoms with Gasteiger partial charge in [-0.05, 0) is 12.1 Å². The Morgan fingerprint density at radius 1 is 1.75 bits per heavy atom. The summed E-state index contributed by atoms with van der Waals surface area (Å²) < 4.78 is 0. The molecule has 1 heterocycles. The average molecular weight is 111 g/mol. The van der Waals surface area contributed by atoms with Crippen LogP contribution in [0, 0.1) is 5.41 Å². The van der Waals surface area contributed by atoms with Crippen molar-refractivity contribution in [1.82, 2.24) is 9.94 Å². The number of hydrogen-bond donors (Lipinski definition) is 2. The van der Waals surface area contributed by atoms with Crippen LogP contribution in [-0.4, -0.2) is 15.2 Å². The van der Waals surface area contributed by atoms with Crippen molar-refractivity contribution in [3.05, 3.63) is 23.8 Å². The van der Waals surface area contributed by atoms with Gasteiger partial charge >= 0.3 is 0 Å². The standard InChI is InChI=1S/C4H5N3O/c5-4-2-1-3-6-7(4)8/h1-3,5,8H. The molecule has 0 aliphatic heterocycles. The van der Waals surface area contributed by atoms with Crippen LogP contribution in [0.3, 0.4) is 0 Å². The highest BCUT2D eigenvalue weighted by molar-refractivity contribution is 4.80. The fraction of sp³-hybridized carbons (Fsp3) is 0. The minimum atomic E-state index is -0.0208. The first-order valence-corrected chi connectivity index (χ1v) is 2.09. The first-order valence-electron chi connectivity index (χ1n) is 2.09. The van der Waals surface area contributed by atoms with Crippen molar-refractivity contribution < 1.29 is 5.21 Å². The van der Waals surface area contributed by atoms with E-state index in [0.29, 0.717) is 4.85 Å². The van der Waals surface area contributed by atoms with Gasteiger partial charge in [-0.25, -0.2) is 0 Å². The quantitative estimate of drug-likeness (QED) is 0.447. The van der Waals surface area contributed by atoms with Gasteiger partial charge in [-0.2, -0.15) is 0 Å². The molecule has 1 aromatic heterocycles. The summed E-state index contributed by atoms with van der Waals surface area (Å²) in [6.45, 7) is 0. The average Bonchev–Trinajstić information content (AvgIpc) is 1.77. The lowest BCUT2D eigenvalue weighted by molar-refractivity contribution is 0.130. The molecule has 0 amide bonds. The maximum absolute atomic E-state index is 8.54. The van der Waals surface area contributed by atoms with Gasteiger partial charge < -0.3 is 5.21 Å². The van der Waals surface area contributed by atoms with Gasteiger partial charge in [0.15, 0.2) is 5.49 Å². The summed E-state index contributed by atoms with van der Waals surface area (Å²) in [6, 6.07) is 3.02. The van der Waals surface area contributed by atoms with E-state index in [0.717, 1.165) is 0 Å². The highest BCUT2D eigenvalue weighted by Gasteiger charge is 1.79. The summed E-state index contributed by atoms with van der Waals surface area (Å²) in [5.41, 5.74) is -0.0208. The van der Waals surface area contributed by atoms with Crippen molar-refractivity contribution >= 4 is 0 Å². The summed E-state index contributed by atoms with van der Waals surface area (Å²) in [4.78, 5) is 0.500. The van der Waals surface area contributed by atoms with Crippen molar-refractivity contribution in [1.29, 1.82) is 5.41 Å². The van der Waals surface area contributed by atoms with Crippen LogP contribution in [0.2, 0.25) is 0 Å². The second-order valence-electron chi connectivity index (χ2n) is 1.30. The van der Waals surface area contributed by atoms with Crippen LogP contribution >= 0.6 is 0 Å². The molecule has 4 heteroatoms. The molecule has 0 saturated carbocycles. The summed E-state index contributed by atoms with van der Waals surface area (Å²) in [7, 11) is 0. The molecule has 1 aromatic rings. The van der Waals surface area contributed by atoms with Gasteiger partial charge in [0.05, 0.1) is 6.20 Å². The zero-order chi connectivity index (χ0) is 5.98. The Bertz CT molecular complexity index is 229. The Hall–Kier alpha value is -1.32. The molecule has 2 N–H and O–H groups in total. The van der Waals surface area contributed by atoms with Crippen molar-refractivity contribution in [2.75, 3.05) is 0 Å². The third kappa shape index (κ3) is 0.676. The molecule has 0 radical (unpaired) electrons. The van der Waals surface area contributed by atoms with E-state index in [1.54, 1.807) is 6.07 Å². The smallest absolute Gasteiger partial charge is 0.182 e. The van der Waals surface area contributed by atoms with Gasteiger partial charge in [-0.1, -0.05) is 4.85 Å². The fourth-order valence-corrected chi connectivity index (χ4v) is 0.365. The monoisotopic (exact) mass is 111 g/mol. The van der Waals surface area contributed by atoms with E-state index < -0.39 is 0 Å². The van der Waals surface area contributed by atoms with E-state index in [1.165, 1.54) is 12.3 Å². The molecule has 8 heavy (non-hydrogen) atoms. The van der Waals surface area contributed by atoms with Gasteiger partial charge in [-0.15, -0.1) is 5.10 Å². The lowest BCUT2D eigenvalue weighted by Gasteiger charge is -1.88. The summed E-state index contributed by atoms with van der Waals surface area (Å²) in [5.74, 6) is 0. The molecule has 0 fully saturated rings. The molecule has 0 aliphatic rings. The number of nitrogens with zero attached hydrogens (tertiary/aromatic N) is 2. The molecule has 0 spiro atoms. The molecular weight excluding hydrogens is 106 g/mol. The lowest BCUT2D eigenvalue weighted by atomic mass is 10.6. The largest absolute Gasteiger partial charge is 0.410 e. The fourth-order valence-electron chi connectivity index (χ4n) is 0.365. The maximum atomic E-state index is 8.54. The second kappa shape index (κ2) is 1.65. The van der Waals surface area contributed by atoms with E-state index in [1.807, 2.05) is 0 Å². The summed E-state index contributed by atoms with van der Waals surface area (Å²) in [6.07, 6.45) is 1.40. The highest BCUT2D eigenvalue weighted by Crippen LogP contribution is 1.65.